The van der Waals surface area contributed by atoms with E-state index in [1.54, 1.807) is 12.1 Å². The highest BCUT2D eigenvalue weighted by Crippen LogP contribution is 2.32. The van der Waals surface area contributed by atoms with Crippen LogP contribution in [-0.4, -0.2) is 41.9 Å². The highest BCUT2D eigenvalue weighted by atomic mass is 19.4. The zero-order chi connectivity index (χ0) is 19.6. The molecule has 2 aromatic carbocycles. The second kappa shape index (κ2) is 7.26. The number of nitro groups is 1. The van der Waals surface area contributed by atoms with Crippen LogP contribution in [0.5, 0.6) is 0 Å². The molecule has 1 heterocycles. The maximum atomic E-state index is 13.1. The zero-order valence-electron chi connectivity index (χ0n) is 14.1. The van der Waals surface area contributed by atoms with Crippen LogP contribution in [0, 0.1) is 10.1 Å². The van der Waals surface area contributed by atoms with Gasteiger partial charge >= 0.3 is 6.18 Å². The van der Waals surface area contributed by atoms with E-state index in [0.29, 0.717) is 13.1 Å². The van der Waals surface area contributed by atoms with E-state index in [9.17, 15) is 28.1 Å². The molecule has 1 fully saturated rings. The first kappa shape index (κ1) is 18.7. The number of hydrogen-bond acceptors (Lipinski definition) is 4. The third kappa shape index (κ3) is 4.02. The van der Waals surface area contributed by atoms with Crippen LogP contribution in [0.25, 0.3) is 0 Å². The molecule has 3 rings (SSSR count). The Hall–Kier alpha value is -3.10. The van der Waals surface area contributed by atoms with Crippen molar-refractivity contribution < 1.29 is 22.9 Å². The van der Waals surface area contributed by atoms with Gasteiger partial charge in [-0.25, -0.2) is 0 Å². The quantitative estimate of drug-likeness (QED) is 0.604. The van der Waals surface area contributed by atoms with E-state index in [0.717, 1.165) is 11.8 Å². The third-order valence-electron chi connectivity index (χ3n) is 4.46. The van der Waals surface area contributed by atoms with Crippen molar-refractivity contribution in [2.75, 3.05) is 31.1 Å². The van der Waals surface area contributed by atoms with Gasteiger partial charge in [0.1, 0.15) is 0 Å². The van der Waals surface area contributed by atoms with Gasteiger partial charge in [0.25, 0.3) is 11.6 Å². The molecule has 0 bridgehead atoms. The molecule has 27 heavy (non-hydrogen) atoms. The molecule has 0 saturated carbocycles. The maximum absolute atomic E-state index is 13.1. The van der Waals surface area contributed by atoms with E-state index in [4.69, 9.17) is 0 Å². The number of nitro benzene ring substituents is 1. The highest BCUT2D eigenvalue weighted by Gasteiger charge is 2.36. The summed E-state index contributed by atoms with van der Waals surface area (Å²) in [6.07, 6.45) is -4.59. The van der Waals surface area contributed by atoms with E-state index in [1.165, 1.54) is 35.2 Å². The van der Waals surface area contributed by atoms with Gasteiger partial charge in [0, 0.05) is 44.0 Å². The molecule has 142 valence electrons. The van der Waals surface area contributed by atoms with Crippen LogP contribution in [0.2, 0.25) is 0 Å². The molecule has 1 saturated heterocycles. The van der Waals surface area contributed by atoms with Crippen molar-refractivity contribution in [1.29, 1.82) is 0 Å². The second-order valence-corrected chi connectivity index (χ2v) is 6.10. The molecule has 0 atom stereocenters. The molecule has 0 aromatic heterocycles. The second-order valence-electron chi connectivity index (χ2n) is 6.10. The fourth-order valence-electron chi connectivity index (χ4n) is 3.04. The number of nitrogens with zero attached hydrogens (tertiary/aromatic N) is 3. The topological polar surface area (TPSA) is 66.7 Å². The van der Waals surface area contributed by atoms with Gasteiger partial charge in [-0.3, -0.25) is 14.9 Å². The predicted molar refractivity (Wildman–Crippen MR) is 92.7 cm³/mol. The van der Waals surface area contributed by atoms with E-state index < -0.39 is 22.6 Å². The summed E-state index contributed by atoms with van der Waals surface area (Å²) >= 11 is 0. The smallest absolute Gasteiger partial charge is 0.368 e. The van der Waals surface area contributed by atoms with E-state index in [-0.39, 0.29) is 24.3 Å². The molecule has 0 radical (unpaired) electrons. The van der Waals surface area contributed by atoms with E-state index in [2.05, 4.69) is 0 Å². The lowest BCUT2D eigenvalue weighted by atomic mass is 10.1. The molecule has 1 aliphatic heterocycles. The number of amides is 1. The Morgan fingerprint density at radius 2 is 1.56 bits per heavy atom. The largest absolute Gasteiger partial charge is 0.417 e. The number of piperazine rings is 1. The molecule has 9 heteroatoms. The first-order valence-corrected chi connectivity index (χ1v) is 8.22. The number of non-ortho nitro benzene ring substituents is 1. The highest BCUT2D eigenvalue weighted by molar-refractivity contribution is 5.96. The predicted octanol–water partition coefficient (Wildman–Crippen LogP) is 3.58. The Morgan fingerprint density at radius 1 is 0.963 bits per heavy atom. The van der Waals surface area contributed by atoms with Gasteiger partial charge < -0.3 is 9.80 Å². The summed E-state index contributed by atoms with van der Waals surface area (Å²) in [7, 11) is 0. The minimum atomic E-state index is -4.59. The number of halogens is 3. The molecular weight excluding hydrogens is 363 g/mol. The number of benzene rings is 2. The van der Waals surface area contributed by atoms with Crippen molar-refractivity contribution in [3.8, 4) is 0 Å². The summed E-state index contributed by atoms with van der Waals surface area (Å²) in [6.45, 7) is 1.39. The molecule has 0 aliphatic carbocycles. The molecule has 0 N–H and O–H groups in total. The summed E-state index contributed by atoms with van der Waals surface area (Å²) < 4.78 is 39.4. The summed E-state index contributed by atoms with van der Waals surface area (Å²) in [5.41, 5.74) is -0.540. The van der Waals surface area contributed by atoms with Gasteiger partial charge in [-0.1, -0.05) is 12.1 Å². The van der Waals surface area contributed by atoms with Gasteiger partial charge in [-0.2, -0.15) is 13.2 Å². The van der Waals surface area contributed by atoms with Gasteiger partial charge in [-0.15, -0.1) is 0 Å². The van der Waals surface area contributed by atoms with Crippen LogP contribution >= 0.6 is 0 Å². The Labute approximate surface area is 153 Å². The summed E-state index contributed by atoms with van der Waals surface area (Å²) in [5, 5.41) is 10.7. The standard InChI is InChI=1S/C18H16F3N3O3/c19-18(20,21)16-4-2-1-3-15(16)17(25)23-11-9-22(10-12-23)13-5-7-14(8-6-13)24(26)27/h1-8H,9-12H2. The Bertz CT molecular complexity index is 845. The average Bonchev–Trinajstić information content (AvgIpc) is 2.67. The number of carbonyl (C=O) groups excluding carboxylic acids is 1. The van der Waals surface area contributed by atoms with Crippen molar-refractivity contribution in [2.45, 2.75) is 6.18 Å². The first-order valence-electron chi connectivity index (χ1n) is 8.22. The van der Waals surface area contributed by atoms with Crippen LogP contribution in [0.3, 0.4) is 0 Å². The zero-order valence-corrected chi connectivity index (χ0v) is 14.1. The first-order chi connectivity index (χ1) is 12.8. The maximum Gasteiger partial charge on any atom is 0.417 e. The number of carbonyl (C=O) groups is 1. The molecule has 0 spiro atoms. The van der Waals surface area contributed by atoms with Crippen molar-refractivity contribution in [3.63, 3.8) is 0 Å². The average molecular weight is 379 g/mol. The Kier molecular flexibility index (Phi) is 5.02. The number of rotatable bonds is 3. The van der Waals surface area contributed by atoms with Crippen molar-refractivity contribution in [3.05, 3.63) is 69.8 Å². The Morgan fingerprint density at radius 3 is 2.11 bits per heavy atom. The van der Waals surface area contributed by atoms with Crippen LogP contribution in [0.15, 0.2) is 48.5 Å². The number of alkyl halides is 3. The molecular formula is C18H16F3N3O3. The molecule has 0 unspecified atom stereocenters. The molecule has 1 aliphatic rings. The third-order valence-corrected chi connectivity index (χ3v) is 4.46. The molecule has 2 aromatic rings. The minimum Gasteiger partial charge on any atom is -0.368 e. The Balaban J connectivity index is 1.69. The van der Waals surface area contributed by atoms with E-state index in [1.807, 2.05) is 4.90 Å². The summed E-state index contributed by atoms with van der Waals surface area (Å²) in [6, 6.07) is 10.8. The fraction of sp³-hybridized carbons (Fsp3) is 0.278. The number of anilines is 1. The van der Waals surface area contributed by atoms with Crippen molar-refractivity contribution in [2.24, 2.45) is 0 Å². The molecule has 1 amide bonds. The van der Waals surface area contributed by atoms with Crippen LogP contribution < -0.4 is 4.90 Å². The fourth-order valence-corrected chi connectivity index (χ4v) is 3.04. The normalized spacial score (nSPS) is 14.9. The van der Waals surface area contributed by atoms with Gasteiger partial charge in [0.05, 0.1) is 16.1 Å². The SMILES string of the molecule is O=C(c1ccccc1C(F)(F)F)N1CCN(c2ccc([N+](=O)[O-])cc2)CC1. The van der Waals surface area contributed by atoms with Gasteiger partial charge in [-0.05, 0) is 24.3 Å². The number of hydrogen-bond donors (Lipinski definition) is 0. The summed E-state index contributed by atoms with van der Waals surface area (Å²) in [5.74, 6) is -0.647. The lowest BCUT2D eigenvalue weighted by molar-refractivity contribution is -0.384. The summed E-state index contributed by atoms with van der Waals surface area (Å²) in [4.78, 5) is 26.1. The lowest BCUT2D eigenvalue weighted by Crippen LogP contribution is -2.49. The van der Waals surface area contributed by atoms with Crippen LogP contribution in [0.4, 0.5) is 24.5 Å². The van der Waals surface area contributed by atoms with Crippen molar-refractivity contribution >= 4 is 17.3 Å². The molecule has 6 nitrogen and oxygen atoms in total. The van der Waals surface area contributed by atoms with Gasteiger partial charge in [0.2, 0.25) is 0 Å². The lowest BCUT2D eigenvalue weighted by Gasteiger charge is -2.36. The minimum absolute atomic E-state index is 0.0173. The van der Waals surface area contributed by atoms with E-state index >= 15 is 0 Å². The van der Waals surface area contributed by atoms with Gasteiger partial charge in [0.15, 0.2) is 0 Å². The van der Waals surface area contributed by atoms with Crippen LogP contribution in [-0.2, 0) is 6.18 Å². The van der Waals surface area contributed by atoms with Crippen molar-refractivity contribution in [1.82, 2.24) is 4.90 Å². The monoisotopic (exact) mass is 379 g/mol. The van der Waals surface area contributed by atoms with Crippen LogP contribution in [0.1, 0.15) is 15.9 Å².